The van der Waals surface area contributed by atoms with E-state index < -0.39 is 11.5 Å². The molecule has 0 radical (unpaired) electrons. The van der Waals surface area contributed by atoms with Crippen molar-refractivity contribution in [1.82, 2.24) is 10.2 Å². The fourth-order valence-corrected chi connectivity index (χ4v) is 3.64. The van der Waals surface area contributed by atoms with Gasteiger partial charge in [-0.05, 0) is 57.9 Å². The van der Waals surface area contributed by atoms with E-state index in [1.807, 2.05) is 0 Å². The van der Waals surface area contributed by atoms with Crippen molar-refractivity contribution in [2.75, 3.05) is 6.54 Å². The maximum atomic E-state index is 11.7. The number of rotatable bonds is 7. The highest BCUT2D eigenvalue weighted by Crippen LogP contribution is 2.40. The zero-order valence-electron chi connectivity index (χ0n) is 11.9. The highest BCUT2D eigenvalue weighted by molar-refractivity contribution is 5.79. The van der Waals surface area contributed by atoms with Crippen LogP contribution in [-0.2, 0) is 4.79 Å². The van der Waals surface area contributed by atoms with Gasteiger partial charge in [-0.2, -0.15) is 0 Å². The van der Waals surface area contributed by atoms with Crippen LogP contribution >= 0.6 is 0 Å². The van der Waals surface area contributed by atoms with Crippen molar-refractivity contribution in [1.29, 1.82) is 0 Å². The molecule has 2 unspecified atom stereocenters. The summed E-state index contributed by atoms with van der Waals surface area (Å²) in [5.74, 6) is -0.630. The van der Waals surface area contributed by atoms with E-state index in [-0.39, 0.29) is 0 Å². The third-order valence-corrected chi connectivity index (χ3v) is 4.92. The van der Waals surface area contributed by atoms with Gasteiger partial charge in [0.15, 0.2) is 0 Å². The van der Waals surface area contributed by atoms with E-state index in [4.69, 9.17) is 0 Å². The maximum absolute atomic E-state index is 11.7. The Bertz CT molecular complexity index is 352. The Morgan fingerprint density at radius 1 is 1.26 bits per heavy atom. The normalized spacial score (nSPS) is 34.9. The molecule has 0 aromatic heterocycles. The largest absolute Gasteiger partial charge is 0.480 e. The van der Waals surface area contributed by atoms with Crippen LogP contribution in [0.4, 0.5) is 0 Å². The quantitative estimate of drug-likeness (QED) is 0.740. The Hall–Kier alpha value is -0.610. The third-order valence-electron chi connectivity index (χ3n) is 4.92. The molecule has 0 amide bonds. The first-order valence-electron chi connectivity index (χ1n) is 7.91. The van der Waals surface area contributed by atoms with Gasteiger partial charge in [-0.3, -0.25) is 15.0 Å². The van der Waals surface area contributed by atoms with Crippen molar-refractivity contribution >= 4 is 5.97 Å². The molecule has 3 saturated carbocycles. The second-order valence-electron chi connectivity index (χ2n) is 6.67. The Labute approximate surface area is 115 Å². The van der Waals surface area contributed by atoms with Crippen LogP contribution in [0.2, 0.25) is 0 Å². The van der Waals surface area contributed by atoms with E-state index >= 15 is 0 Å². The van der Waals surface area contributed by atoms with E-state index in [1.54, 1.807) is 0 Å². The molecule has 108 valence electrons. The number of hydrogen-bond acceptors (Lipinski definition) is 3. The number of nitrogens with one attached hydrogen (secondary N) is 1. The molecule has 0 spiro atoms. The van der Waals surface area contributed by atoms with Crippen LogP contribution in [0.25, 0.3) is 0 Å². The lowest BCUT2D eigenvalue weighted by atomic mass is 9.97. The standard InChI is InChI=1S/C15H26N2O2/c1-2-9-17(12-5-6-12)13-7-8-15(10-13,14(18)19)16-11-3-4-11/h11-13,16H,2-10H2,1H3,(H,18,19). The molecule has 0 bridgehead atoms. The molecule has 4 heteroatoms. The summed E-state index contributed by atoms with van der Waals surface area (Å²) in [6.45, 7) is 3.35. The SMILES string of the molecule is CCCN(C1CC1)C1CCC(NC2CC2)(C(=O)O)C1. The van der Waals surface area contributed by atoms with Gasteiger partial charge >= 0.3 is 5.97 Å². The molecule has 0 aliphatic heterocycles. The first kappa shape index (κ1) is 13.4. The van der Waals surface area contributed by atoms with Crippen LogP contribution in [0.15, 0.2) is 0 Å². The predicted octanol–water partition coefficient (Wildman–Crippen LogP) is 1.99. The van der Waals surface area contributed by atoms with Crippen LogP contribution in [-0.4, -0.2) is 46.2 Å². The number of nitrogens with zero attached hydrogens (tertiary/aromatic N) is 1. The van der Waals surface area contributed by atoms with E-state index in [0.717, 1.165) is 44.7 Å². The van der Waals surface area contributed by atoms with Gasteiger partial charge in [-0.15, -0.1) is 0 Å². The molecule has 3 fully saturated rings. The van der Waals surface area contributed by atoms with Crippen molar-refractivity contribution in [3.63, 3.8) is 0 Å². The summed E-state index contributed by atoms with van der Waals surface area (Å²) >= 11 is 0. The van der Waals surface area contributed by atoms with Gasteiger partial charge in [0.05, 0.1) is 0 Å². The molecule has 0 heterocycles. The number of carbonyl (C=O) groups is 1. The zero-order chi connectivity index (χ0) is 13.5. The molecule has 2 atom stereocenters. The Balaban J connectivity index is 1.67. The Morgan fingerprint density at radius 2 is 2.00 bits per heavy atom. The summed E-state index contributed by atoms with van der Waals surface area (Å²) in [5, 5.41) is 13.1. The number of aliphatic carboxylic acids is 1. The van der Waals surface area contributed by atoms with E-state index in [9.17, 15) is 9.90 Å². The molecular weight excluding hydrogens is 240 g/mol. The van der Waals surface area contributed by atoms with Gasteiger partial charge in [0.2, 0.25) is 0 Å². The average molecular weight is 266 g/mol. The molecule has 3 aliphatic rings. The second-order valence-corrected chi connectivity index (χ2v) is 6.67. The molecule has 0 saturated heterocycles. The van der Waals surface area contributed by atoms with Crippen LogP contribution in [0.5, 0.6) is 0 Å². The van der Waals surface area contributed by atoms with Crippen LogP contribution in [0.1, 0.15) is 58.3 Å². The lowest BCUT2D eigenvalue weighted by molar-refractivity contribution is -0.145. The molecule has 3 rings (SSSR count). The van der Waals surface area contributed by atoms with E-state index in [0.29, 0.717) is 12.1 Å². The summed E-state index contributed by atoms with van der Waals surface area (Å²) in [5.41, 5.74) is -0.632. The summed E-state index contributed by atoms with van der Waals surface area (Å²) in [6, 6.07) is 1.70. The first-order valence-corrected chi connectivity index (χ1v) is 7.91. The van der Waals surface area contributed by atoms with Crippen LogP contribution < -0.4 is 5.32 Å². The molecule has 0 aromatic carbocycles. The van der Waals surface area contributed by atoms with Crippen molar-refractivity contribution < 1.29 is 9.90 Å². The molecule has 0 aromatic rings. The molecule has 3 aliphatic carbocycles. The van der Waals surface area contributed by atoms with Crippen molar-refractivity contribution in [2.45, 2.75) is 82.0 Å². The minimum absolute atomic E-state index is 0.468. The zero-order valence-corrected chi connectivity index (χ0v) is 11.9. The highest BCUT2D eigenvalue weighted by atomic mass is 16.4. The molecule has 19 heavy (non-hydrogen) atoms. The van der Waals surface area contributed by atoms with Crippen molar-refractivity contribution in [3.05, 3.63) is 0 Å². The van der Waals surface area contributed by atoms with Gasteiger partial charge in [-0.25, -0.2) is 0 Å². The predicted molar refractivity (Wildman–Crippen MR) is 74.2 cm³/mol. The monoisotopic (exact) mass is 266 g/mol. The minimum Gasteiger partial charge on any atom is -0.480 e. The summed E-state index contributed by atoms with van der Waals surface area (Å²) < 4.78 is 0. The highest BCUT2D eigenvalue weighted by Gasteiger charge is 2.50. The summed E-state index contributed by atoms with van der Waals surface area (Å²) in [7, 11) is 0. The topological polar surface area (TPSA) is 52.6 Å². The maximum Gasteiger partial charge on any atom is 0.323 e. The van der Waals surface area contributed by atoms with Gasteiger partial charge in [0, 0.05) is 18.1 Å². The lowest BCUT2D eigenvalue weighted by Crippen LogP contribution is -2.52. The van der Waals surface area contributed by atoms with Gasteiger partial charge in [0.25, 0.3) is 0 Å². The molecular formula is C15H26N2O2. The third kappa shape index (κ3) is 2.79. The fourth-order valence-electron chi connectivity index (χ4n) is 3.64. The van der Waals surface area contributed by atoms with Crippen LogP contribution in [0, 0.1) is 0 Å². The summed E-state index contributed by atoms with van der Waals surface area (Å²) in [4.78, 5) is 14.3. The first-order chi connectivity index (χ1) is 9.14. The smallest absolute Gasteiger partial charge is 0.323 e. The van der Waals surface area contributed by atoms with Crippen molar-refractivity contribution in [3.8, 4) is 0 Å². The Kier molecular flexibility index (Phi) is 3.56. The summed E-state index contributed by atoms with van der Waals surface area (Å²) in [6.07, 6.45) is 8.75. The fraction of sp³-hybridized carbons (Fsp3) is 0.933. The lowest BCUT2D eigenvalue weighted by Gasteiger charge is -2.31. The van der Waals surface area contributed by atoms with Gasteiger partial charge in [0.1, 0.15) is 5.54 Å². The number of carboxylic acid groups (broad SMARTS) is 1. The van der Waals surface area contributed by atoms with E-state index in [2.05, 4.69) is 17.1 Å². The molecule has 4 nitrogen and oxygen atoms in total. The van der Waals surface area contributed by atoms with Gasteiger partial charge in [-0.1, -0.05) is 6.92 Å². The van der Waals surface area contributed by atoms with E-state index in [1.165, 1.54) is 19.3 Å². The number of carboxylic acids is 1. The van der Waals surface area contributed by atoms with Gasteiger partial charge < -0.3 is 5.11 Å². The minimum atomic E-state index is -0.632. The van der Waals surface area contributed by atoms with Crippen LogP contribution in [0.3, 0.4) is 0 Å². The second kappa shape index (κ2) is 5.06. The molecule has 2 N–H and O–H groups in total. The van der Waals surface area contributed by atoms with Crippen molar-refractivity contribution in [2.24, 2.45) is 0 Å². The number of hydrogen-bond donors (Lipinski definition) is 2. The Morgan fingerprint density at radius 3 is 2.53 bits per heavy atom. The average Bonchev–Trinajstić information content (AvgIpc) is 3.26.